The van der Waals surface area contributed by atoms with Crippen molar-refractivity contribution in [2.45, 2.75) is 32.4 Å². The zero-order chi connectivity index (χ0) is 20.0. The van der Waals surface area contributed by atoms with Crippen LogP contribution in [0, 0.1) is 0 Å². The summed E-state index contributed by atoms with van der Waals surface area (Å²) in [5, 5.41) is 0. The van der Waals surface area contributed by atoms with Gasteiger partial charge in [-0.25, -0.2) is 4.79 Å². The summed E-state index contributed by atoms with van der Waals surface area (Å²) in [5.74, 6) is 0. The lowest BCUT2D eigenvalue weighted by Gasteiger charge is -2.39. The molecule has 4 heteroatoms. The number of carbonyl (C=O) groups excluding carboxylic acids is 1. The van der Waals surface area contributed by atoms with Gasteiger partial charge in [-0.2, -0.15) is 0 Å². The number of benzene rings is 2. The van der Waals surface area contributed by atoms with E-state index in [-0.39, 0.29) is 12.1 Å². The molecule has 28 heavy (non-hydrogen) atoms. The molecule has 2 aromatic rings. The third-order valence-electron chi connectivity index (χ3n) is 4.77. The first-order valence-corrected chi connectivity index (χ1v) is 9.92. The highest BCUT2D eigenvalue weighted by molar-refractivity contribution is 5.68. The minimum absolute atomic E-state index is 0.183. The van der Waals surface area contributed by atoms with Gasteiger partial charge in [0.05, 0.1) is 6.04 Å². The molecule has 1 aliphatic rings. The number of nitrogens with zero attached hydrogens (tertiary/aromatic N) is 2. The Balaban J connectivity index is 1.70. The SMILES string of the molecule is CC(C)(C)OC(=O)N1CCN(C(/C=C/c2ccccc2)c2ccccc2)CC1. The molecule has 1 aliphatic heterocycles. The van der Waals surface area contributed by atoms with Gasteiger partial charge in [0.2, 0.25) is 0 Å². The lowest BCUT2D eigenvalue weighted by molar-refractivity contribution is 0.0122. The van der Waals surface area contributed by atoms with Crippen molar-refractivity contribution >= 4 is 12.2 Å². The van der Waals surface area contributed by atoms with Gasteiger partial charge < -0.3 is 9.64 Å². The summed E-state index contributed by atoms with van der Waals surface area (Å²) in [6, 6.07) is 21.1. The fourth-order valence-electron chi connectivity index (χ4n) is 3.37. The van der Waals surface area contributed by atoms with E-state index >= 15 is 0 Å². The summed E-state index contributed by atoms with van der Waals surface area (Å²) in [6.45, 7) is 8.70. The Kier molecular flexibility index (Phi) is 6.53. The number of carbonyl (C=O) groups is 1. The van der Waals surface area contributed by atoms with Crippen LogP contribution in [0.4, 0.5) is 4.79 Å². The molecular formula is C24H30N2O2. The lowest BCUT2D eigenvalue weighted by Crippen LogP contribution is -2.50. The van der Waals surface area contributed by atoms with Crippen molar-refractivity contribution in [1.82, 2.24) is 9.80 Å². The highest BCUT2D eigenvalue weighted by atomic mass is 16.6. The summed E-state index contributed by atoms with van der Waals surface area (Å²) < 4.78 is 5.52. The van der Waals surface area contributed by atoms with E-state index in [0.29, 0.717) is 13.1 Å². The maximum absolute atomic E-state index is 12.3. The molecule has 1 atom stereocenters. The van der Waals surface area contributed by atoms with E-state index in [1.807, 2.05) is 37.8 Å². The highest BCUT2D eigenvalue weighted by Gasteiger charge is 2.28. The molecule has 1 heterocycles. The van der Waals surface area contributed by atoms with E-state index in [2.05, 4.69) is 65.6 Å². The van der Waals surface area contributed by atoms with Gasteiger partial charge in [0.25, 0.3) is 0 Å². The number of hydrogen-bond donors (Lipinski definition) is 0. The van der Waals surface area contributed by atoms with Gasteiger partial charge in [-0.05, 0) is 31.9 Å². The van der Waals surface area contributed by atoms with Crippen LogP contribution in [-0.4, -0.2) is 47.7 Å². The summed E-state index contributed by atoms with van der Waals surface area (Å²) in [7, 11) is 0. The minimum atomic E-state index is -0.459. The third kappa shape index (κ3) is 5.70. The average Bonchev–Trinajstić information content (AvgIpc) is 2.69. The first-order chi connectivity index (χ1) is 13.4. The maximum atomic E-state index is 12.3. The van der Waals surface area contributed by atoms with E-state index in [9.17, 15) is 4.79 Å². The van der Waals surface area contributed by atoms with Gasteiger partial charge in [-0.3, -0.25) is 4.90 Å². The van der Waals surface area contributed by atoms with Crippen molar-refractivity contribution in [2.24, 2.45) is 0 Å². The summed E-state index contributed by atoms with van der Waals surface area (Å²) in [4.78, 5) is 16.6. The molecule has 0 N–H and O–H groups in total. The Morgan fingerprint density at radius 2 is 1.50 bits per heavy atom. The molecule has 0 spiro atoms. The number of piperazine rings is 1. The number of rotatable bonds is 4. The van der Waals surface area contributed by atoms with Gasteiger partial charge in [0, 0.05) is 26.2 Å². The molecule has 3 rings (SSSR count). The van der Waals surface area contributed by atoms with Gasteiger partial charge >= 0.3 is 6.09 Å². The Morgan fingerprint density at radius 1 is 0.929 bits per heavy atom. The van der Waals surface area contributed by atoms with Crippen molar-refractivity contribution in [3.63, 3.8) is 0 Å². The quantitative estimate of drug-likeness (QED) is 0.751. The predicted octanol–water partition coefficient (Wildman–Crippen LogP) is 4.99. The minimum Gasteiger partial charge on any atom is -0.444 e. The van der Waals surface area contributed by atoms with Crippen LogP contribution in [0.5, 0.6) is 0 Å². The molecular weight excluding hydrogens is 348 g/mol. The second-order valence-corrected chi connectivity index (χ2v) is 8.13. The van der Waals surface area contributed by atoms with E-state index in [1.54, 1.807) is 0 Å². The lowest BCUT2D eigenvalue weighted by atomic mass is 10.0. The molecule has 1 saturated heterocycles. The standard InChI is InChI=1S/C24H30N2O2/c1-24(2,3)28-23(27)26-18-16-25(17-19-26)22(21-12-8-5-9-13-21)15-14-20-10-6-4-7-11-20/h4-15,22H,16-19H2,1-3H3/b15-14+. The Labute approximate surface area is 168 Å². The molecule has 4 nitrogen and oxygen atoms in total. The van der Waals surface area contributed by atoms with Crippen LogP contribution in [0.3, 0.4) is 0 Å². The smallest absolute Gasteiger partial charge is 0.410 e. The average molecular weight is 379 g/mol. The van der Waals surface area contributed by atoms with Crippen LogP contribution >= 0.6 is 0 Å². The van der Waals surface area contributed by atoms with E-state index in [4.69, 9.17) is 4.74 Å². The van der Waals surface area contributed by atoms with Crippen LogP contribution in [0.25, 0.3) is 6.08 Å². The molecule has 0 bridgehead atoms. The molecule has 148 valence electrons. The zero-order valence-electron chi connectivity index (χ0n) is 17.0. The molecule has 0 aliphatic carbocycles. The highest BCUT2D eigenvalue weighted by Crippen LogP contribution is 2.25. The first kappa shape index (κ1) is 20.2. The van der Waals surface area contributed by atoms with Crippen LogP contribution < -0.4 is 0 Å². The van der Waals surface area contributed by atoms with Crippen molar-refractivity contribution in [3.8, 4) is 0 Å². The summed E-state index contributed by atoms with van der Waals surface area (Å²) >= 11 is 0. The number of hydrogen-bond acceptors (Lipinski definition) is 3. The van der Waals surface area contributed by atoms with Gasteiger partial charge in [0.15, 0.2) is 0 Å². The summed E-state index contributed by atoms with van der Waals surface area (Å²) in [6.07, 6.45) is 4.22. The first-order valence-electron chi connectivity index (χ1n) is 9.92. The van der Waals surface area contributed by atoms with Crippen molar-refractivity contribution in [3.05, 3.63) is 77.9 Å². The van der Waals surface area contributed by atoms with Crippen molar-refractivity contribution in [2.75, 3.05) is 26.2 Å². The van der Waals surface area contributed by atoms with E-state index in [0.717, 1.165) is 13.1 Å². The molecule has 2 aromatic carbocycles. The van der Waals surface area contributed by atoms with Crippen LogP contribution in [0.1, 0.15) is 37.9 Å². The Hall–Kier alpha value is -2.59. The van der Waals surface area contributed by atoms with Crippen LogP contribution in [-0.2, 0) is 4.74 Å². The van der Waals surface area contributed by atoms with Crippen molar-refractivity contribution < 1.29 is 9.53 Å². The predicted molar refractivity (Wildman–Crippen MR) is 114 cm³/mol. The number of ether oxygens (including phenoxy) is 1. The van der Waals surface area contributed by atoms with E-state index < -0.39 is 5.60 Å². The molecule has 0 saturated carbocycles. The van der Waals surface area contributed by atoms with Gasteiger partial charge in [-0.15, -0.1) is 0 Å². The number of amides is 1. The van der Waals surface area contributed by atoms with Crippen molar-refractivity contribution in [1.29, 1.82) is 0 Å². The topological polar surface area (TPSA) is 32.8 Å². The maximum Gasteiger partial charge on any atom is 0.410 e. The van der Waals surface area contributed by atoms with Crippen LogP contribution in [0.2, 0.25) is 0 Å². The van der Waals surface area contributed by atoms with Gasteiger partial charge in [-0.1, -0.05) is 72.8 Å². The third-order valence-corrected chi connectivity index (χ3v) is 4.77. The monoisotopic (exact) mass is 378 g/mol. The van der Waals surface area contributed by atoms with E-state index in [1.165, 1.54) is 11.1 Å². The largest absolute Gasteiger partial charge is 0.444 e. The van der Waals surface area contributed by atoms with Gasteiger partial charge in [0.1, 0.15) is 5.60 Å². The molecule has 1 amide bonds. The normalized spacial score (nSPS) is 16.9. The Morgan fingerprint density at radius 3 is 2.07 bits per heavy atom. The summed E-state index contributed by atoms with van der Waals surface area (Å²) in [5.41, 5.74) is 2.00. The second kappa shape index (κ2) is 9.07. The molecule has 0 aromatic heterocycles. The fraction of sp³-hybridized carbons (Fsp3) is 0.375. The zero-order valence-corrected chi connectivity index (χ0v) is 17.0. The Bertz CT molecular complexity index is 773. The van der Waals surface area contributed by atoms with Crippen LogP contribution in [0.15, 0.2) is 66.7 Å². The second-order valence-electron chi connectivity index (χ2n) is 8.13. The molecule has 0 radical (unpaired) electrons. The fourth-order valence-corrected chi connectivity index (χ4v) is 3.37. The molecule has 1 fully saturated rings. The molecule has 1 unspecified atom stereocenters.